The topological polar surface area (TPSA) is 46.2 Å². The predicted molar refractivity (Wildman–Crippen MR) is 79.3 cm³/mol. The average molecular weight is 318 g/mol. The number of benzene rings is 1. The Morgan fingerprint density at radius 3 is 2.29 bits per heavy atom. The fraction of sp³-hybridized carbons (Fsp3) is 0.538. The van der Waals surface area contributed by atoms with Crippen LogP contribution in [-0.2, 0) is 0 Å². The van der Waals surface area contributed by atoms with Gasteiger partial charge in [-0.05, 0) is 30.0 Å². The van der Waals surface area contributed by atoms with Crippen LogP contribution in [0.3, 0.4) is 0 Å². The van der Waals surface area contributed by atoms with Crippen LogP contribution in [0.5, 0.6) is 0 Å². The summed E-state index contributed by atoms with van der Waals surface area (Å²) < 4.78 is 1.02. The van der Waals surface area contributed by atoms with Crippen molar-refractivity contribution in [2.24, 2.45) is 11.7 Å². The van der Waals surface area contributed by atoms with E-state index >= 15 is 0 Å². The van der Waals surface area contributed by atoms with E-state index in [1.54, 1.807) is 0 Å². The van der Waals surface area contributed by atoms with E-state index in [1.165, 1.54) is 0 Å². The minimum absolute atomic E-state index is 0.235. The average Bonchev–Trinajstić information content (AvgIpc) is 2.27. The lowest BCUT2D eigenvalue weighted by Gasteiger charge is -2.25. The van der Waals surface area contributed by atoms with Gasteiger partial charge in [-0.2, -0.15) is 12.6 Å². The molecule has 4 heteroatoms. The van der Waals surface area contributed by atoms with Crippen LogP contribution in [0.1, 0.15) is 31.1 Å². The third-order valence-corrected chi connectivity index (χ3v) is 3.85. The Bertz CT molecular complexity index is 342. The summed E-state index contributed by atoms with van der Waals surface area (Å²) in [5, 5.41) is 9.91. The summed E-state index contributed by atoms with van der Waals surface area (Å²) in [6.07, 6.45) is 0.177. The molecule has 3 unspecified atom stereocenters. The standard InChI is InChI=1S/C13H20BrNOS/c1-8(2)7-11(15)12(16)13(17)9-3-5-10(14)6-4-9/h3-6,8,11-13,16-17H,7,15H2,1-2H3. The molecule has 0 saturated heterocycles. The van der Waals surface area contributed by atoms with E-state index in [0.717, 1.165) is 16.5 Å². The summed E-state index contributed by atoms with van der Waals surface area (Å²) in [5.74, 6) is 0.477. The summed E-state index contributed by atoms with van der Waals surface area (Å²) >= 11 is 7.85. The number of halogens is 1. The van der Waals surface area contributed by atoms with Crippen molar-refractivity contribution in [2.75, 3.05) is 0 Å². The molecule has 1 rings (SSSR count). The van der Waals surface area contributed by atoms with Crippen molar-refractivity contribution in [3.05, 3.63) is 34.3 Å². The largest absolute Gasteiger partial charge is 0.390 e. The van der Waals surface area contributed by atoms with Crippen LogP contribution >= 0.6 is 28.6 Å². The van der Waals surface area contributed by atoms with Gasteiger partial charge in [-0.3, -0.25) is 0 Å². The first kappa shape index (κ1) is 15.0. The van der Waals surface area contributed by atoms with Crippen molar-refractivity contribution in [3.63, 3.8) is 0 Å². The molecule has 96 valence electrons. The third kappa shape index (κ3) is 4.62. The van der Waals surface area contributed by atoms with Crippen molar-refractivity contribution in [1.29, 1.82) is 0 Å². The molecule has 0 aliphatic heterocycles. The minimum Gasteiger partial charge on any atom is -0.390 e. The van der Waals surface area contributed by atoms with Gasteiger partial charge in [0.25, 0.3) is 0 Å². The third-order valence-electron chi connectivity index (χ3n) is 2.72. The quantitative estimate of drug-likeness (QED) is 0.730. The molecular weight excluding hydrogens is 298 g/mol. The monoisotopic (exact) mass is 317 g/mol. The van der Waals surface area contributed by atoms with Gasteiger partial charge in [-0.25, -0.2) is 0 Å². The Morgan fingerprint density at radius 1 is 1.29 bits per heavy atom. The molecule has 2 nitrogen and oxygen atoms in total. The maximum Gasteiger partial charge on any atom is 0.0847 e. The summed E-state index contributed by atoms with van der Waals surface area (Å²) in [7, 11) is 0. The molecule has 1 aromatic rings. The zero-order valence-corrected chi connectivity index (χ0v) is 12.7. The van der Waals surface area contributed by atoms with Gasteiger partial charge in [-0.15, -0.1) is 0 Å². The van der Waals surface area contributed by atoms with Gasteiger partial charge in [0, 0.05) is 10.5 Å². The van der Waals surface area contributed by atoms with E-state index in [9.17, 15) is 5.11 Å². The molecule has 0 saturated carbocycles. The molecule has 0 amide bonds. The van der Waals surface area contributed by atoms with Gasteiger partial charge < -0.3 is 10.8 Å². The molecule has 0 heterocycles. The highest BCUT2D eigenvalue weighted by atomic mass is 79.9. The Hall–Kier alpha value is -0.0300. The van der Waals surface area contributed by atoms with Crippen LogP contribution in [-0.4, -0.2) is 17.3 Å². The first-order valence-electron chi connectivity index (χ1n) is 5.79. The number of rotatable bonds is 5. The molecule has 0 radical (unpaired) electrons. The molecule has 3 N–H and O–H groups in total. The van der Waals surface area contributed by atoms with Crippen LogP contribution in [0, 0.1) is 5.92 Å². The number of hydrogen-bond donors (Lipinski definition) is 3. The molecule has 1 aromatic carbocycles. The van der Waals surface area contributed by atoms with Crippen LogP contribution in [0.25, 0.3) is 0 Å². The highest BCUT2D eigenvalue weighted by Gasteiger charge is 2.24. The second-order valence-electron chi connectivity index (χ2n) is 4.78. The molecular formula is C13H20BrNOS. The van der Waals surface area contributed by atoms with Crippen LogP contribution in [0.2, 0.25) is 0 Å². The second kappa shape index (κ2) is 6.78. The lowest BCUT2D eigenvalue weighted by Crippen LogP contribution is -2.38. The second-order valence-corrected chi connectivity index (χ2v) is 6.25. The Kier molecular flexibility index (Phi) is 6.00. The maximum absolute atomic E-state index is 10.1. The number of hydrogen-bond acceptors (Lipinski definition) is 3. The molecule has 0 fully saturated rings. The van der Waals surface area contributed by atoms with E-state index in [1.807, 2.05) is 24.3 Å². The molecule has 3 atom stereocenters. The number of thiol groups is 1. The lowest BCUT2D eigenvalue weighted by atomic mass is 9.95. The molecule has 0 aromatic heterocycles. The maximum atomic E-state index is 10.1. The fourth-order valence-electron chi connectivity index (χ4n) is 1.78. The fourth-order valence-corrected chi connectivity index (χ4v) is 2.43. The molecule has 17 heavy (non-hydrogen) atoms. The zero-order valence-electron chi connectivity index (χ0n) is 10.2. The van der Waals surface area contributed by atoms with Crippen molar-refractivity contribution in [2.45, 2.75) is 37.7 Å². The number of aliphatic hydroxyl groups is 1. The van der Waals surface area contributed by atoms with Crippen molar-refractivity contribution < 1.29 is 5.11 Å². The van der Waals surface area contributed by atoms with E-state index in [0.29, 0.717) is 5.92 Å². The van der Waals surface area contributed by atoms with Crippen LogP contribution < -0.4 is 5.73 Å². The predicted octanol–water partition coefficient (Wildman–Crippen LogP) is 3.15. The first-order chi connectivity index (χ1) is 7.91. The summed E-state index contributed by atoms with van der Waals surface area (Å²) in [4.78, 5) is 0. The smallest absolute Gasteiger partial charge is 0.0847 e. The van der Waals surface area contributed by atoms with Gasteiger partial charge in [0.1, 0.15) is 0 Å². The Morgan fingerprint density at radius 2 is 1.82 bits per heavy atom. The van der Waals surface area contributed by atoms with Gasteiger partial charge in [0.15, 0.2) is 0 Å². The summed E-state index contributed by atoms with van der Waals surface area (Å²) in [5.41, 5.74) is 6.97. The molecule has 0 aliphatic carbocycles. The van der Waals surface area contributed by atoms with Crippen molar-refractivity contribution >= 4 is 28.6 Å². The van der Waals surface area contributed by atoms with Gasteiger partial charge >= 0.3 is 0 Å². The molecule has 0 bridgehead atoms. The SMILES string of the molecule is CC(C)CC(N)C(O)C(S)c1ccc(Br)cc1. The van der Waals surface area contributed by atoms with Gasteiger partial charge in [0.2, 0.25) is 0 Å². The summed E-state index contributed by atoms with van der Waals surface area (Å²) in [6.45, 7) is 4.19. The molecule has 0 aliphatic rings. The number of nitrogens with two attached hydrogens (primary N) is 1. The summed E-state index contributed by atoms with van der Waals surface area (Å²) in [6, 6.07) is 7.56. The van der Waals surface area contributed by atoms with Crippen molar-refractivity contribution in [3.8, 4) is 0 Å². The van der Waals surface area contributed by atoms with Crippen LogP contribution in [0.15, 0.2) is 28.7 Å². The minimum atomic E-state index is -0.623. The number of aliphatic hydroxyl groups excluding tert-OH is 1. The van der Waals surface area contributed by atoms with E-state index in [-0.39, 0.29) is 11.3 Å². The lowest BCUT2D eigenvalue weighted by molar-refractivity contribution is 0.132. The Balaban J connectivity index is 2.68. The van der Waals surface area contributed by atoms with E-state index < -0.39 is 6.10 Å². The zero-order chi connectivity index (χ0) is 13.0. The van der Waals surface area contributed by atoms with Crippen LogP contribution in [0.4, 0.5) is 0 Å². The van der Waals surface area contributed by atoms with Gasteiger partial charge in [0.05, 0.1) is 11.4 Å². The van der Waals surface area contributed by atoms with E-state index in [2.05, 4.69) is 42.4 Å². The highest BCUT2D eigenvalue weighted by Crippen LogP contribution is 2.27. The normalized spacial score (nSPS) is 16.9. The van der Waals surface area contributed by atoms with Crippen molar-refractivity contribution in [1.82, 2.24) is 0 Å². The Labute approximate surface area is 117 Å². The molecule has 0 spiro atoms. The van der Waals surface area contributed by atoms with Gasteiger partial charge in [-0.1, -0.05) is 41.9 Å². The first-order valence-corrected chi connectivity index (χ1v) is 7.10. The highest BCUT2D eigenvalue weighted by molar-refractivity contribution is 9.10. The van der Waals surface area contributed by atoms with E-state index in [4.69, 9.17) is 5.73 Å².